The van der Waals surface area contributed by atoms with Gasteiger partial charge in [-0.1, -0.05) is 0 Å². The van der Waals surface area contributed by atoms with Crippen LogP contribution in [-0.4, -0.2) is 87.4 Å². The first-order chi connectivity index (χ1) is 15.1. The van der Waals surface area contributed by atoms with Crippen molar-refractivity contribution in [1.82, 2.24) is 15.1 Å². The lowest BCUT2D eigenvalue weighted by molar-refractivity contribution is -0.140. The van der Waals surface area contributed by atoms with Gasteiger partial charge in [0, 0.05) is 38.6 Å². The number of piperidine rings is 1. The number of carbonyl (C=O) groups is 1. The normalized spacial score (nSPS) is 19.1. The van der Waals surface area contributed by atoms with Crippen LogP contribution in [0.25, 0.3) is 0 Å². The number of guanidine groups is 1. The van der Waals surface area contributed by atoms with E-state index in [9.17, 15) is 4.79 Å². The highest BCUT2D eigenvalue weighted by molar-refractivity contribution is 5.82. The molecule has 2 fully saturated rings. The zero-order chi connectivity index (χ0) is 22.1. The molecule has 172 valence electrons. The molecular formula is C23H36N4O4. The molecular weight excluding hydrogens is 396 g/mol. The Morgan fingerprint density at radius 3 is 2.39 bits per heavy atom. The number of nitrogens with one attached hydrogen (secondary N) is 1. The number of methoxy groups -OCH3 is 1. The highest BCUT2D eigenvalue weighted by Gasteiger charge is 2.30. The second-order valence-corrected chi connectivity index (χ2v) is 8.00. The predicted octanol–water partition coefficient (Wildman–Crippen LogP) is 2.00. The highest BCUT2D eigenvalue weighted by atomic mass is 16.5. The van der Waals surface area contributed by atoms with Crippen LogP contribution >= 0.6 is 0 Å². The topological polar surface area (TPSA) is 75.6 Å². The van der Waals surface area contributed by atoms with E-state index in [2.05, 4.69) is 17.1 Å². The molecule has 0 saturated carbocycles. The maximum Gasteiger partial charge on any atom is 0.225 e. The number of ether oxygens (including phenoxy) is 3. The van der Waals surface area contributed by atoms with E-state index in [0.29, 0.717) is 19.8 Å². The molecule has 0 aromatic heterocycles. The second kappa shape index (κ2) is 11.8. The van der Waals surface area contributed by atoms with Crippen molar-refractivity contribution in [2.75, 3.05) is 59.6 Å². The summed E-state index contributed by atoms with van der Waals surface area (Å²) >= 11 is 0. The van der Waals surface area contributed by atoms with E-state index in [1.165, 1.54) is 0 Å². The lowest BCUT2D eigenvalue weighted by atomic mass is 9.95. The molecule has 8 heteroatoms. The molecule has 0 bridgehead atoms. The monoisotopic (exact) mass is 432 g/mol. The maximum atomic E-state index is 12.8. The molecule has 8 nitrogen and oxygen atoms in total. The van der Waals surface area contributed by atoms with Gasteiger partial charge in [-0.25, -0.2) is 4.99 Å². The van der Waals surface area contributed by atoms with Crippen molar-refractivity contribution >= 4 is 11.9 Å². The largest absolute Gasteiger partial charge is 0.497 e. The van der Waals surface area contributed by atoms with E-state index in [1.807, 2.05) is 36.1 Å². The molecule has 1 N–H and O–H groups in total. The third kappa shape index (κ3) is 6.75. The highest BCUT2D eigenvalue weighted by Crippen LogP contribution is 2.21. The van der Waals surface area contributed by atoms with Crippen LogP contribution in [0.3, 0.4) is 0 Å². The van der Waals surface area contributed by atoms with Gasteiger partial charge >= 0.3 is 0 Å². The fourth-order valence-corrected chi connectivity index (χ4v) is 3.94. The first-order valence-corrected chi connectivity index (χ1v) is 11.3. The van der Waals surface area contributed by atoms with Crippen molar-refractivity contribution in [3.63, 3.8) is 0 Å². The van der Waals surface area contributed by atoms with Gasteiger partial charge in [-0.3, -0.25) is 4.79 Å². The minimum absolute atomic E-state index is 0.0533. The van der Waals surface area contributed by atoms with Crippen LogP contribution in [0.15, 0.2) is 29.3 Å². The van der Waals surface area contributed by atoms with Crippen molar-refractivity contribution in [2.45, 2.75) is 32.8 Å². The van der Waals surface area contributed by atoms with Crippen LogP contribution in [0.1, 0.15) is 26.7 Å². The summed E-state index contributed by atoms with van der Waals surface area (Å²) in [6.45, 7) is 9.86. The molecule has 2 saturated heterocycles. The van der Waals surface area contributed by atoms with Crippen LogP contribution in [0.5, 0.6) is 11.5 Å². The molecule has 2 aliphatic heterocycles. The Hall–Kier alpha value is -2.48. The third-order valence-electron chi connectivity index (χ3n) is 5.70. The van der Waals surface area contributed by atoms with E-state index in [1.54, 1.807) is 7.11 Å². The summed E-state index contributed by atoms with van der Waals surface area (Å²) in [5.41, 5.74) is 0. The van der Waals surface area contributed by atoms with Crippen LogP contribution in [0.2, 0.25) is 0 Å². The summed E-state index contributed by atoms with van der Waals surface area (Å²) in [4.78, 5) is 21.8. The molecule has 1 aromatic carbocycles. The standard InChI is InChI=1S/C23H36N4O4/c1-4-24-23(25-17-18(2)31-21-7-5-20(29-3)6-8-21)27-11-9-19(10-12-27)22(28)26-13-15-30-16-14-26/h5-8,18-19H,4,9-17H2,1-3H3,(H,24,25). The van der Waals surface area contributed by atoms with Gasteiger partial charge in [-0.05, 0) is 51.0 Å². The Kier molecular flexibility index (Phi) is 8.82. The number of hydrogen-bond acceptors (Lipinski definition) is 5. The smallest absolute Gasteiger partial charge is 0.225 e. The Morgan fingerprint density at radius 2 is 1.77 bits per heavy atom. The average molecular weight is 433 g/mol. The van der Waals surface area contributed by atoms with Crippen LogP contribution in [0, 0.1) is 5.92 Å². The SMILES string of the molecule is CCNC(=NCC(C)Oc1ccc(OC)cc1)N1CCC(C(=O)N2CCOCC2)CC1. The van der Waals surface area contributed by atoms with Gasteiger partial charge in [0.1, 0.15) is 17.6 Å². The van der Waals surface area contributed by atoms with E-state index in [0.717, 1.165) is 63.0 Å². The molecule has 3 rings (SSSR count). The number of aliphatic imine (C=N–C) groups is 1. The second-order valence-electron chi connectivity index (χ2n) is 8.00. The van der Waals surface area contributed by atoms with Gasteiger partial charge in [-0.2, -0.15) is 0 Å². The van der Waals surface area contributed by atoms with E-state index in [4.69, 9.17) is 19.2 Å². The number of benzene rings is 1. The van der Waals surface area contributed by atoms with E-state index in [-0.39, 0.29) is 17.9 Å². The Labute approximate surface area is 185 Å². The van der Waals surface area contributed by atoms with Crippen molar-refractivity contribution in [2.24, 2.45) is 10.9 Å². The Bertz CT molecular complexity index is 711. The van der Waals surface area contributed by atoms with Crippen LogP contribution in [-0.2, 0) is 9.53 Å². The number of likely N-dealkylation sites (tertiary alicyclic amines) is 1. The molecule has 0 spiro atoms. The van der Waals surface area contributed by atoms with Gasteiger partial charge in [0.25, 0.3) is 0 Å². The van der Waals surface area contributed by atoms with E-state index < -0.39 is 0 Å². The van der Waals surface area contributed by atoms with Crippen molar-refractivity contribution in [3.05, 3.63) is 24.3 Å². The van der Waals surface area contributed by atoms with Crippen LogP contribution < -0.4 is 14.8 Å². The fourth-order valence-electron chi connectivity index (χ4n) is 3.94. The Morgan fingerprint density at radius 1 is 1.13 bits per heavy atom. The lowest BCUT2D eigenvalue weighted by Crippen LogP contribution is -2.50. The molecule has 0 aliphatic carbocycles. The summed E-state index contributed by atoms with van der Waals surface area (Å²) in [5.74, 6) is 2.89. The molecule has 1 amide bonds. The summed E-state index contributed by atoms with van der Waals surface area (Å²) < 4.78 is 16.5. The molecule has 2 heterocycles. The molecule has 0 radical (unpaired) electrons. The molecule has 31 heavy (non-hydrogen) atoms. The maximum absolute atomic E-state index is 12.8. The minimum Gasteiger partial charge on any atom is -0.497 e. The number of nitrogens with zero attached hydrogens (tertiary/aromatic N) is 3. The van der Waals surface area contributed by atoms with E-state index >= 15 is 0 Å². The Balaban J connectivity index is 1.50. The van der Waals surface area contributed by atoms with Gasteiger partial charge in [-0.15, -0.1) is 0 Å². The lowest BCUT2D eigenvalue weighted by Gasteiger charge is -2.36. The van der Waals surface area contributed by atoms with Gasteiger partial charge in [0.2, 0.25) is 5.91 Å². The zero-order valence-corrected chi connectivity index (χ0v) is 19.0. The summed E-state index contributed by atoms with van der Waals surface area (Å²) in [5, 5.41) is 3.39. The number of amides is 1. The summed E-state index contributed by atoms with van der Waals surface area (Å²) in [6.07, 6.45) is 1.67. The van der Waals surface area contributed by atoms with Crippen molar-refractivity contribution < 1.29 is 19.0 Å². The summed E-state index contributed by atoms with van der Waals surface area (Å²) in [7, 11) is 1.65. The predicted molar refractivity (Wildman–Crippen MR) is 121 cm³/mol. The van der Waals surface area contributed by atoms with Crippen molar-refractivity contribution in [3.8, 4) is 11.5 Å². The first kappa shape index (κ1) is 23.2. The molecule has 2 aliphatic rings. The van der Waals surface area contributed by atoms with Gasteiger partial charge in [0.15, 0.2) is 5.96 Å². The zero-order valence-electron chi connectivity index (χ0n) is 19.0. The number of hydrogen-bond donors (Lipinski definition) is 1. The van der Waals surface area contributed by atoms with Crippen LogP contribution in [0.4, 0.5) is 0 Å². The third-order valence-corrected chi connectivity index (χ3v) is 5.70. The molecule has 1 unspecified atom stereocenters. The van der Waals surface area contributed by atoms with Gasteiger partial charge in [0.05, 0.1) is 26.9 Å². The fraction of sp³-hybridized carbons (Fsp3) is 0.652. The number of morpholine rings is 1. The minimum atomic E-state index is -0.0533. The summed E-state index contributed by atoms with van der Waals surface area (Å²) in [6, 6.07) is 7.58. The molecule has 1 atom stereocenters. The van der Waals surface area contributed by atoms with Crippen molar-refractivity contribution in [1.29, 1.82) is 0 Å². The number of rotatable bonds is 7. The average Bonchev–Trinajstić information content (AvgIpc) is 2.82. The quantitative estimate of drug-likeness (QED) is 0.525. The van der Waals surface area contributed by atoms with Gasteiger partial charge < -0.3 is 29.3 Å². The number of carbonyl (C=O) groups excluding carboxylic acids is 1. The first-order valence-electron chi connectivity index (χ1n) is 11.3. The molecule has 1 aromatic rings.